The van der Waals surface area contributed by atoms with Crippen LogP contribution in [0.2, 0.25) is 0 Å². The van der Waals surface area contributed by atoms with Crippen LogP contribution in [-0.2, 0) is 15.0 Å². The summed E-state index contributed by atoms with van der Waals surface area (Å²) in [6.45, 7) is 5.67. The first-order valence-electron chi connectivity index (χ1n) is 9.40. The van der Waals surface area contributed by atoms with Gasteiger partial charge in [-0.15, -0.1) is 0 Å². The number of ether oxygens (including phenoxy) is 1. The minimum absolute atomic E-state index is 0.116. The van der Waals surface area contributed by atoms with E-state index in [2.05, 4.69) is 19.2 Å². The highest BCUT2D eigenvalue weighted by Crippen LogP contribution is 2.25. The lowest BCUT2D eigenvalue weighted by molar-refractivity contribution is -0.126. The van der Waals surface area contributed by atoms with Crippen LogP contribution in [-0.4, -0.2) is 63.3 Å². The molecular formula is C19H31N3O4S. The van der Waals surface area contributed by atoms with E-state index < -0.39 is 10.2 Å². The first-order valence-corrected chi connectivity index (χ1v) is 10.8. The van der Waals surface area contributed by atoms with Crippen molar-refractivity contribution in [3.8, 4) is 5.75 Å². The molecule has 0 saturated carbocycles. The Bertz CT molecular complexity index is 734. The number of hydrogen-bond acceptors (Lipinski definition) is 4. The minimum atomic E-state index is -3.48. The maximum absolute atomic E-state index is 12.4. The van der Waals surface area contributed by atoms with Gasteiger partial charge in [0.05, 0.1) is 12.5 Å². The van der Waals surface area contributed by atoms with E-state index in [0.29, 0.717) is 38.5 Å². The number of piperidine rings is 1. The summed E-state index contributed by atoms with van der Waals surface area (Å²) in [7, 11) is -0.468. The van der Waals surface area contributed by atoms with Crippen molar-refractivity contribution in [1.82, 2.24) is 13.9 Å². The minimum Gasteiger partial charge on any atom is -0.491 e. The SMILES string of the molecule is CC(C)c1ccccc1OCCNC(=O)[C@H]1CCCN(S(=O)(=O)N(C)C)C1. The number of nitrogens with zero attached hydrogens (tertiary/aromatic N) is 2. The largest absolute Gasteiger partial charge is 0.491 e. The Morgan fingerprint density at radius 3 is 2.70 bits per heavy atom. The lowest BCUT2D eigenvalue weighted by atomic mass is 9.99. The summed E-state index contributed by atoms with van der Waals surface area (Å²) in [4.78, 5) is 12.4. The lowest BCUT2D eigenvalue weighted by Crippen LogP contribution is -2.49. The smallest absolute Gasteiger partial charge is 0.281 e. The number of nitrogens with one attached hydrogen (secondary N) is 1. The summed E-state index contributed by atoms with van der Waals surface area (Å²) in [6, 6.07) is 7.89. The molecule has 8 heteroatoms. The quantitative estimate of drug-likeness (QED) is 0.679. The van der Waals surface area contributed by atoms with Crippen LogP contribution in [0.5, 0.6) is 5.75 Å². The number of rotatable bonds is 8. The molecular weight excluding hydrogens is 366 g/mol. The van der Waals surface area contributed by atoms with Crippen LogP contribution in [0.4, 0.5) is 0 Å². The number of carbonyl (C=O) groups is 1. The molecule has 1 saturated heterocycles. The second-order valence-electron chi connectivity index (χ2n) is 7.32. The van der Waals surface area contributed by atoms with E-state index in [-0.39, 0.29) is 18.4 Å². The summed E-state index contributed by atoms with van der Waals surface area (Å²) >= 11 is 0. The number of hydrogen-bond donors (Lipinski definition) is 1. The Morgan fingerprint density at radius 1 is 1.33 bits per heavy atom. The maximum atomic E-state index is 12.4. The van der Waals surface area contributed by atoms with E-state index in [9.17, 15) is 13.2 Å². The lowest BCUT2D eigenvalue weighted by Gasteiger charge is -2.32. The summed E-state index contributed by atoms with van der Waals surface area (Å²) < 4.78 is 32.9. The van der Waals surface area contributed by atoms with Crippen molar-refractivity contribution >= 4 is 16.1 Å². The van der Waals surface area contributed by atoms with Crippen LogP contribution in [0.3, 0.4) is 0 Å². The summed E-state index contributed by atoms with van der Waals surface area (Å²) in [5.41, 5.74) is 1.14. The molecule has 0 aliphatic carbocycles. The molecule has 0 bridgehead atoms. The van der Waals surface area contributed by atoms with Crippen molar-refractivity contribution in [1.29, 1.82) is 0 Å². The van der Waals surface area contributed by atoms with Gasteiger partial charge in [0.25, 0.3) is 10.2 Å². The van der Waals surface area contributed by atoms with E-state index in [4.69, 9.17) is 4.74 Å². The van der Waals surface area contributed by atoms with Gasteiger partial charge in [0.1, 0.15) is 12.4 Å². The Balaban J connectivity index is 1.82. The van der Waals surface area contributed by atoms with Gasteiger partial charge in [-0.3, -0.25) is 4.79 Å². The average Bonchev–Trinajstić information content (AvgIpc) is 2.65. The Labute approximate surface area is 162 Å². The Kier molecular flexibility index (Phi) is 7.64. The fraction of sp³-hybridized carbons (Fsp3) is 0.632. The van der Waals surface area contributed by atoms with Crippen LogP contribution >= 0.6 is 0 Å². The van der Waals surface area contributed by atoms with Crippen LogP contribution < -0.4 is 10.1 Å². The number of carbonyl (C=O) groups excluding carboxylic acids is 1. The standard InChI is InChI=1S/C19H31N3O4S/c1-15(2)17-9-5-6-10-18(17)26-13-11-20-19(23)16-8-7-12-22(14-16)27(24,25)21(3)4/h5-6,9-10,15-16H,7-8,11-14H2,1-4H3,(H,20,23)/t16-/m0/s1. The third-order valence-electron chi connectivity index (χ3n) is 4.74. The fourth-order valence-corrected chi connectivity index (χ4v) is 4.36. The normalized spacial score (nSPS) is 18.7. The molecule has 1 amide bonds. The number of para-hydroxylation sites is 1. The van der Waals surface area contributed by atoms with Crippen molar-refractivity contribution in [2.45, 2.75) is 32.6 Å². The molecule has 0 spiro atoms. The van der Waals surface area contributed by atoms with Gasteiger partial charge < -0.3 is 10.1 Å². The van der Waals surface area contributed by atoms with Gasteiger partial charge in [0.15, 0.2) is 0 Å². The zero-order valence-electron chi connectivity index (χ0n) is 16.6. The molecule has 7 nitrogen and oxygen atoms in total. The maximum Gasteiger partial charge on any atom is 0.281 e. The van der Waals surface area contributed by atoms with E-state index >= 15 is 0 Å². The third-order valence-corrected chi connectivity index (χ3v) is 6.65. The molecule has 1 atom stereocenters. The van der Waals surface area contributed by atoms with Crippen molar-refractivity contribution in [3.05, 3.63) is 29.8 Å². The van der Waals surface area contributed by atoms with Gasteiger partial charge in [-0.1, -0.05) is 32.0 Å². The molecule has 0 aromatic heterocycles. The second-order valence-corrected chi connectivity index (χ2v) is 9.46. The first kappa shape index (κ1) is 21.7. The molecule has 1 aliphatic heterocycles. The summed E-state index contributed by atoms with van der Waals surface area (Å²) in [5, 5.41) is 2.87. The van der Waals surface area contributed by atoms with Gasteiger partial charge in [-0.05, 0) is 30.4 Å². The second kappa shape index (κ2) is 9.52. The Hall–Kier alpha value is -1.64. The van der Waals surface area contributed by atoms with Crippen molar-refractivity contribution in [2.24, 2.45) is 5.92 Å². The van der Waals surface area contributed by atoms with E-state index in [0.717, 1.165) is 11.3 Å². The van der Waals surface area contributed by atoms with Gasteiger partial charge in [0, 0.05) is 27.2 Å². The van der Waals surface area contributed by atoms with E-state index in [1.54, 1.807) is 0 Å². The highest BCUT2D eigenvalue weighted by molar-refractivity contribution is 7.86. The molecule has 1 aromatic rings. The summed E-state index contributed by atoms with van der Waals surface area (Å²) in [6.07, 6.45) is 1.38. The van der Waals surface area contributed by atoms with Crippen molar-refractivity contribution in [3.63, 3.8) is 0 Å². The topological polar surface area (TPSA) is 79.0 Å². The molecule has 1 aromatic carbocycles. The molecule has 0 unspecified atom stereocenters. The van der Waals surface area contributed by atoms with Crippen molar-refractivity contribution < 1.29 is 17.9 Å². The monoisotopic (exact) mass is 397 g/mol. The predicted octanol–water partition coefficient (Wildman–Crippen LogP) is 1.82. The molecule has 0 radical (unpaired) electrons. The molecule has 1 fully saturated rings. The van der Waals surface area contributed by atoms with Crippen molar-refractivity contribution in [2.75, 3.05) is 40.3 Å². The van der Waals surface area contributed by atoms with Gasteiger partial charge in [0.2, 0.25) is 5.91 Å². The molecule has 152 valence electrons. The van der Waals surface area contributed by atoms with Gasteiger partial charge in [-0.25, -0.2) is 0 Å². The Morgan fingerprint density at radius 2 is 2.04 bits per heavy atom. The molecule has 27 heavy (non-hydrogen) atoms. The van der Waals surface area contributed by atoms with E-state index in [1.807, 2.05) is 24.3 Å². The molecule has 2 rings (SSSR count). The zero-order valence-corrected chi connectivity index (χ0v) is 17.5. The predicted molar refractivity (Wildman–Crippen MR) is 106 cm³/mol. The number of amides is 1. The third kappa shape index (κ3) is 5.67. The highest BCUT2D eigenvalue weighted by Gasteiger charge is 2.33. The highest BCUT2D eigenvalue weighted by atomic mass is 32.2. The molecule has 1 N–H and O–H groups in total. The molecule has 1 heterocycles. The fourth-order valence-electron chi connectivity index (χ4n) is 3.17. The first-order chi connectivity index (χ1) is 12.7. The van der Waals surface area contributed by atoms with E-state index in [1.165, 1.54) is 22.7 Å². The van der Waals surface area contributed by atoms with Gasteiger partial charge >= 0.3 is 0 Å². The van der Waals surface area contributed by atoms with Crippen LogP contribution in [0.15, 0.2) is 24.3 Å². The molecule has 1 aliphatic rings. The zero-order chi connectivity index (χ0) is 20.0. The van der Waals surface area contributed by atoms with Crippen LogP contribution in [0.25, 0.3) is 0 Å². The average molecular weight is 398 g/mol. The van der Waals surface area contributed by atoms with Crippen LogP contribution in [0.1, 0.15) is 38.2 Å². The number of benzene rings is 1. The van der Waals surface area contributed by atoms with Gasteiger partial charge in [-0.2, -0.15) is 17.0 Å². The van der Waals surface area contributed by atoms with Crippen LogP contribution in [0, 0.1) is 5.92 Å². The summed E-state index contributed by atoms with van der Waals surface area (Å²) in [5.74, 6) is 0.760.